The topological polar surface area (TPSA) is 38.3 Å². The Balaban J connectivity index is 2.31. The second-order valence-electron chi connectivity index (χ2n) is 4.57. The lowest BCUT2D eigenvalue weighted by molar-refractivity contribution is 0.102. The Morgan fingerprint density at radius 3 is 2.55 bits per heavy atom. The van der Waals surface area contributed by atoms with Crippen LogP contribution in [0, 0.1) is 17.4 Å². The molecule has 104 valence electrons. The van der Waals surface area contributed by atoms with Gasteiger partial charge < -0.3 is 10.1 Å². The Labute approximate surface area is 132 Å². The van der Waals surface area contributed by atoms with Crippen molar-refractivity contribution in [2.24, 2.45) is 0 Å². The van der Waals surface area contributed by atoms with Gasteiger partial charge in [-0.2, -0.15) is 0 Å². The number of carbonyl (C=O) groups is 1. The Morgan fingerprint density at radius 1 is 1.15 bits per heavy atom. The van der Waals surface area contributed by atoms with Crippen molar-refractivity contribution in [1.29, 1.82) is 0 Å². The van der Waals surface area contributed by atoms with E-state index in [9.17, 15) is 4.79 Å². The molecule has 0 aliphatic carbocycles. The normalized spacial score (nSPS) is 10.2. The molecule has 0 radical (unpaired) electrons. The number of hydrogen-bond acceptors (Lipinski definition) is 2. The van der Waals surface area contributed by atoms with Gasteiger partial charge in [-0.25, -0.2) is 0 Å². The summed E-state index contributed by atoms with van der Waals surface area (Å²) in [6.45, 7) is 3.90. The van der Waals surface area contributed by atoms with E-state index in [1.54, 1.807) is 13.2 Å². The van der Waals surface area contributed by atoms with E-state index in [-0.39, 0.29) is 5.91 Å². The molecule has 0 unspecified atom stereocenters. The molecular formula is C16H16INO2. The van der Waals surface area contributed by atoms with E-state index < -0.39 is 0 Å². The van der Waals surface area contributed by atoms with Crippen LogP contribution in [0.4, 0.5) is 5.69 Å². The molecule has 0 atom stereocenters. The zero-order chi connectivity index (χ0) is 14.7. The number of nitrogens with one attached hydrogen (secondary N) is 1. The van der Waals surface area contributed by atoms with Gasteiger partial charge in [-0.1, -0.05) is 12.1 Å². The zero-order valence-electron chi connectivity index (χ0n) is 11.7. The van der Waals surface area contributed by atoms with Gasteiger partial charge in [0.05, 0.1) is 12.7 Å². The first kappa shape index (κ1) is 14.8. The molecule has 0 saturated carbocycles. The third-order valence-corrected chi connectivity index (χ3v) is 3.77. The van der Waals surface area contributed by atoms with E-state index >= 15 is 0 Å². The highest BCUT2D eigenvalue weighted by atomic mass is 127. The van der Waals surface area contributed by atoms with Crippen LogP contribution in [-0.2, 0) is 0 Å². The fraction of sp³-hybridized carbons (Fsp3) is 0.188. The quantitative estimate of drug-likeness (QED) is 0.811. The van der Waals surface area contributed by atoms with E-state index in [1.165, 1.54) is 0 Å². The second-order valence-corrected chi connectivity index (χ2v) is 5.81. The van der Waals surface area contributed by atoms with Gasteiger partial charge >= 0.3 is 0 Å². The van der Waals surface area contributed by atoms with Crippen molar-refractivity contribution in [3.8, 4) is 5.75 Å². The Bertz CT molecular complexity index is 653. The molecule has 0 bridgehead atoms. The lowest BCUT2D eigenvalue weighted by Crippen LogP contribution is -2.14. The molecule has 0 saturated heterocycles. The minimum absolute atomic E-state index is 0.158. The molecule has 1 N–H and O–H groups in total. The van der Waals surface area contributed by atoms with Crippen LogP contribution in [0.25, 0.3) is 0 Å². The first-order valence-electron chi connectivity index (χ1n) is 6.24. The standard InChI is InChI=1S/C16H16INO2/c1-10-5-4-6-13(15(10)20-3)16(19)18-14-8-7-12(17)9-11(14)2/h4-9H,1-3H3,(H,18,19). The summed E-state index contributed by atoms with van der Waals surface area (Å²) in [7, 11) is 1.58. The van der Waals surface area contributed by atoms with Crippen LogP contribution in [-0.4, -0.2) is 13.0 Å². The van der Waals surface area contributed by atoms with E-state index in [2.05, 4.69) is 27.9 Å². The minimum Gasteiger partial charge on any atom is -0.496 e. The highest BCUT2D eigenvalue weighted by Crippen LogP contribution is 2.25. The van der Waals surface area contributed by atoms with Gasteiger partial charge in [0.25, 0.3) is 5.91 Å². The molecule has 0 fully saturated rings. The van der Waals surface area contributed by atoms with Crippen molar-refractivity contribution < 1.29 is 9.53 Å². The van der Waals surface area contributed by atoms with Crippen molar-refractivity contribution in [3.63, 3.8) is 0 Å². The number of methoxy groups -OCH3 is 1. The van der Waals surface area contributed by atoms with E-state index in [1.807, 2.05) is 44.2 Å². The lowest BCUT2D eigenvalue weighted by Gasteiger charge is -2.13. The number of anilines is 1. The number of benzene rings is 2. The number of carbonyl (C=O) groups excluding carboxylic acids is 1. The number of hydrogen-bond donors (Lipinski definition) is 1. The molecule has 2 aromatic carbocycles. The zero-order valence-corrected chi connectivity index (χ0v) is 13.8. The van der Waals surface area contributed by atoms with Gasteiger partial charge in [-0.3, -0.25) is 4.79 Å². The van der Waals surface area contributed by atoms with Crippen LogP contribution in [0.3, 0.4) is 0 Å². The Morgan fingerprint density at radius 2 is 1.90 bits per heavy atom. The van der Waals surface area contributed by atoms with Gasteiger partial charge in [0.2, 0.25) is 0 Å². The molecule has 1 amide bonds. The maximum absolute atomic E-state index is 12.4. The molecule has 0 aliphatic heterocycles. The lowest BCUT2D eigenvalue weighted by atomic mass is 10.1. The maximum Gasteiger partial charge on any atom is 0.259 e. The van der Waals surface area contributed by atoms with Crippen molar-refractivity contribution in [1.82, 2.24) is 0 Å². The SMILES string of the molecule is COc1c(C)cccc1C(=O)Nc1ccc(I)cc1C. The number of ether oxygens (including phenoxy) is 1. The molecular weight excluding hydrogens is 365 g/mol. The smallest absolute Gasteiger partial charge is 0.259 e. The fourth-order valence-corrected chi connectivity index (χ4v) is 2.71. The van der Waals surface area contributed by atoms with Crippen LogP contribution >= 0.6 is 22.6 Å². The molecule has 2 rings (SSSR count). The van der Waals surface area contributed by atoms with Crippen LogP contribution < -0.4 is 10.1 Å². The summed E-state index contributed by atoms with van der Waals surface area (Å²) in [5.74, 6) is 0.461. The molecule has 0 aliphatic rings. The Kier molecular flexibility index (Phi) is 4.65. The van der Waals surface area contributed by atoms with Crippen LogP contribution in [0.1, 0.15) is 21.5 Å². The number of halogens is 1. The van der Waals surface area contributed by atoms with Gasteiger partial charge in [-0.05, 0) is 71.8 Å². The van der Waals surface area contributed by atoms with Crippen LogP contribution in [0.2, 0.25) is 0 Å². The van der Waals surface area contributed by atoms with Gasteiger partial charge in [0, 0.05) is 9.26 Å². The first-order valence-corrected chi connectivity index (χ1v) is 7.32. The third-order valence-electron chi connectivity index (χ3n) is 3.10. The molecule has 4 heteroatoms. The second kappa shape index (κ2) is 6.26. The fourth-order valence-electron chi connectivity index (χ4n) is 2.06. The van der Waals surface area contributed by atoms with Crippen LogP contribution in [0.15, 0.2) is 36.4 Å². The summed E-state index contributed by atoms with van der Waals surface area (Å²) < 4.78 is 6.47. The summed E-state index contributed by atoms with van der Waals surface area (Å²) in [4.78, 5) is 12.4. The molecule has 0 heterocycles. The van der Waals surface area contributed by atoms with Gasteiger partial charge in [-0.15, -0.1) is 0 Å². The number of para-hydroxylation sites is 1. The average molecular weight is 381 g/mol. The van der Waals surface area contributed by atoms with E-state index in [4.69, 9.17) is 4.74 Å². The summed E-state index contributed by atoms with van der Waals surface area (Å²) in [5, 5.41) is 2.93. The molecule has 3 nitrogen and oxygen atoms in total. The number of aryl methyl sites for hydroxylation is 2. The average Bonchev–Trinajstić information content (AvgIpc) is 2.41. The number of rotatable bonds is 3. The van der Waals surface area contributed by atoms with E-state index in [0.29, 0.717) is 11.3 Å². The van der Waals surface area contributed by atoms with Crippen molar-refractivity contribution in [2.45, 2.75) is 13.8 Å². The first-order chi connectivity index (χ1) is 9.52. The highest BCUT2D eigenvalue weighted by Gasteiger charge is 2.14. The largest absolute Gasteiger partial charge is 0.496 e. The maximum atomic E-state index is 12.4. The summed E-state index contributed by atoms with van der Waals surface area (Å²) in [6, 6.07) is 11.5. The van der Waals surface area contributed by atoms with Crippen molar-refractivity contribution in [3.05, 3.63) is 56.7 Å². The minimum atomic E-state index is -0.158. The third kappa shape index (κ3) is 3.12. The number of amides is 1. The summed E-state index contributed by atoms with van der Waals surface area (Å²) in [5.41, 5.74) is 3.35. The van der Waals surface area contributed by atoms with Crippen molar-refractivity contribution in [2.75, 3.05) is 12.4 Å². The van der Waals surface area contributed by atoms with Gasteiger partial charge in [0.15, 0.2) is 0 Å². The van der Waals surface area contributed by atoms with Crippen molar-refractivity contribution >= 4 is 34.2 Å². The predicted molar refractivity (Wildman–Crippen MR) is 89.6 cm³/mol. The highest BCUT2D eigenvalue weighted by molar-refractivity contribution is 14.1. The Hall–Kier alpha value is -1.56. The summed E-state index contributed by atoms with van der Waals surface area (Å²) in [6.07, 6.45) is 0. The predicted octanol–water partition coefficient (Wildman–Crippen LogP) is 4.17. The van der Waals surface area contributed by atoms with E-state index in [0.717, 1.165) is 20.4 Å². The monoisotopic (exact) mass is 381 g/mol. The molecule has 0 aromatic heterocycles. The van der Waals surface area contributed by atoms with Gasteiger partial charge in [0.1, 0.15) is 5.75 Å². The molecule has 0 spiro atoms. The molecule has 20 heavy (non-hydrogen) atoms. The van der Waals surface area contributed by atoms with Crippen LogP contribution in [0.5, 0.6) is 5.75 Å². The summed E-state index contributed by atoms with van der Waals surface area (Å²) >= 11 is 2.25. The molecule has 2 aromatic rings.